The van der Waals surface area contributed by atoms with Crippen molar-refractivity contribution in [2.75, 3.05) is 0 Å². The average Bonchev–Trinajstić information content (AvgIpc) is 2.73. The fourth-order valence-corrected chi connectivity index (χ4v) is 4.28. The molecule has 0 bridgehead atoms. The van der Waals surface area contributed by atoms with Gasteiger partial charge in [0.1, 0.15) is 0 Å². The first-order chi connectivity index (χ1) is 8.39. The fourth-order valence-electron chi connectivity index (χ4n) is 1.51. The molecule has 0 saturated heterocycles. The lowest BCUT2D eigenvalue weighted by molar-refractivity contribution is -0.137. The molecule has 0 aliphatic rings. The zero-order valence-corrected chi connectivity index (χ0v) is 12.8. The first-order valence-corrected chi connectivity index (χ1v) is 7.52. The predicted octanol–water partition coefficient (Wildman–Crippen LogP) is 6.01. The van der Waals surface area contributed by atoms with Crippen molar-refractivity contribution in [2.24, 2.45) is 0 Å². The molecule has 0 N–H and O–H groups in total. The van der Waals surface area contributed by atoms with Crippen LogP contribution < -0.4 is 0 Å². The summed E-state index contributed by atoms with van der Waals surface area (Å²) in [5, 5.41) is 1.89. The highest BCUT2D eigenvalue weighted by Crippen LogP contribution is 2.40. The highest BCUT2D eigenvalue weighted by atomic mass is 79.9. The molecule has 0 aliphatic heterocycles. The summed E-state index contributed by atoms with van der Waals surface area (Å²) in [7, 11) is 0. The molecule has 1 aromatic carbocycles. The maximum absolute atomic E-state index is 12.6. The summed E-state index contributed by atoms with van der Waals surface area (Å²) in [6, 6.07) is 7.23. The first kappa shape index (κ1) is 14.1. The third kappa shape index (κ3) is 2.97. The third-order valence-electron chi connectivity index (χ3n) is 2.38. The Kier molecular flexibility index (Phi) is 4.18. The van der Waals surface area contributed by atoms with Crippen LogP contribution in [0.4, 0.5) is 13.2 Å². The zero-order chi connectivity index (χ0) is 13.3. The Labute approximate surface area is 123 Å². The third-order valence-corrected chi connectivity index (χ3v) is 5.61. The minimum atomic E-state index is -4.31. The van der Waals surface area contributed by atoms with Crippen LogP contribution in [0, 0.1) is 0 Å². The Hall–Kier alpha value is -0.330. The molecule has 1 atom stereocenters. The van der Waals surface area contributed by atoms with E-state index in [1.54, 1.807) is 6.07 Å². The van der Waals surface area contributed by atoms with Gasteiger partial charge in [0, 0.05) is 9.35 Å². The van der Waals surface area contributed by atoms with Crippen molar-refractivity contribution in [2.45, 2.75) is 11.0 Å². The molecule has 1 heterocycles. The van der Waals surface area contributed by atoms with Crippen LogP contribution in [0.1, 0.15) is 20.8 Å². The van der Waals surface area contributed by atoms with E-state index in [0.717, 1.165) is 15.4 Å². The molecule has 2 rings (SSSR count). The van der Waals surface area contributed by atoms with Crippen LogP contribution in [0.25, 0.3) is 0 Å². The normalized spacial score (nSPS) is 13.6. The molecule has 6 heteroatoms. The Bertz CT molecular complexity index is 548. The molecule has 0 amide bonds. The highest BCUT2D eigenvalue weighted by Gasteiger charge is 2.31. The number of hydrogen-bond acceptors (Lipinski definition) is 1. The van der Waals surface area contributed by atoms with Crippen LogP contribution >= 0.6 is 43.2 Å². The standard InChI is InChI=1S/C12H7Br2F3S/c13-9-4-5-18-11(9)10(14)7-2-1-3-8(6-7)12(15,16)17/h1-6,10H. The lowest BCUT2D eigenvalue weighted by atomic mass is 10.1. The van der Waals surface area contributed by atoms with Gasteiger partial charge < -0.3 is 0 Å². The number of rotatable bonds is 2. The second kappa shape index (κ2) is 5.35. The van der Waals surface area contributed by atoms with E-state index >= 15 is 0 Å². The van der Waals surface area contributed by atoms with Gasteiger partial charge in [0.05, 0.1) is 10.4 Å². The molecular formula is C12H7Br2F3S. The quantitative estimate of drug-likeness (QED) is 0.542. The molecule has 18 heavy (non-hydrogen) atoms. The Morgan fingerprint density at radius 1 is 1.17 bits per heavy atom. The van der Waals surface area contributed by atoms with Gasteiger partial charge in [-0.2, -0.15) is 13.2 Å². The summed E-state index contributed by atoms with van der Waals surface area (Å²) >= 11 is 8.31. The number of alkyl halides is 4. The Balaban J connectivity index is 2.38. The second-order valence-corrected chi connectivity index (χ2v) is 6.34. The number of benzene rings is 1. The monoisotopic (exact) mass is 398 g/mol. The first-order valence-electron chi connectivity index (χ1n) is 4.93. The van der Waals surface area contributed by atoms with Gasteiger partial charge in [-0.15, -0.1) is 11.3 Å². The molecule has 0 fully saturated rings. The summed E-state index contributed by atoms with van der Waals surface area (Å²) in [5.74, 6) is 0. The van der Waals surface area contributed by atoms with Crippen molar-refractivity contribution in [1.29, 1.82) is 0 Å². The van der Waals surface area contributed by atoms with Gasteiger partial charge in [0.15, 0.2) is 0 Å². The van der Waals surface area contributed by atoms with Crippen molar-refractivity contribution < 1.29 is 13.2 Å². The fraction of sp³-hybridized carbons (Fsp3) is 0.167. The average molecular weight is 400 g/mol. The van der Waals surface area contributed by atoms with Crippen LogP contribution in [-0.2, 0) is 6.18 Å². The van der Waals surface area contributed by atoms with Crippen molar-refractivity contribution >= 4 is 43.2 Å². The number of thiophene rings is 1. The molecule has 96 valence electrons. The van der Waals surface area contributed by atoms with Crippen molar-refractivity contribution in [3.63, 3.8) is 0 Å². The SMILES string of the molecule is FC(F)(F)c1cccc(C(Br)c2sccc2Br)c1. The summed E-state index contributed by atoms with van der Waals surface area (Å²) < 4.78 is 38.8. The number of hydrogen-bond donors (Lipinski definition) is 0. The summed E-state index contributed by atoms with van der Waals surface area (Å²) in [6.07, 6.45) is -4.31. The van der Waals surface area contributed by atoms with Gasteiger partial charge in [-0.25, -0.2) is 0 Å². The minimum absolute atomic E-state index is 0.242. The van der Waals surface area contributed by atoms with Crippen LogP contribution in [0.5, 0.6) is 0 Å². The van der Waals surface area contributed by atoms with Gasteiger partial charge in [-0.05, 0) is 39.0 Å². The van der Waals surface area contributed by atoms with Gasteiger partial charge in [0.2, 0.25) is 0 Å². The van der Waals surface area contributed by atoms with E-state index in [9.17, 15) is 13.2 Å². The Morgan fingerprint density at radius 3 is 2.44 bits per heavy atom. The maximum atomic E-state index is 12.6. The van der Waals surface area contributed by atoms with Crippen molar-refractivity contribution in [1.82, 2.24) is 0 Å². The van der Waals surface area contributed by atoms with E-state index in [0.29, 0.717) is 5.56 Å². The minimum Gasteiger partial charge on any atom is -0.166 e. The largest absolute Gasteiger partial charge is 0.416 e. The second-order valence-electron chi connectivity index (χ2n) is 3.62. The van der Waals surface area contributed by atoms with E-state index in [1.807, 2.05) is 11.4 Å². The van der Waals surface area contributed by atoms with Crippen LogP contribution in [0.3, 0.4) is 0 Å². The van der Waals surface area contributed by atoms with Gasteiger partial charge in [-0.3, -0.25) is 0 Å². The summed E-state index contributed by atoms with van der Waals surface area (Å²) in [5.41, 5.74) is -0.0369. The smallest absolute Gasteiger partial charge is 0.166 e. The predicted molar refractivity (Wildman–Crippen MR) is 74.2 cm³/mol. The van der Waals surface area contributed by atoms with Crippen molar-refractivity contribution in [3.05, 3.63) is 56.2 Å². The van der Waals surface area contributed by atoms with E-state index in [2.05, 4.69) is 31.9 Å². The summed E-state index contributed by atoms with van der Waals surface area (Å²) in [4.78, 5) is 0.712. The van der Waals surface area contributed by atoms with Gasteiger partial charge in [0.25, 0.3) is 0 Å². The van der Waals surface area contributed by atoms with Gasteiger partial charge >= 0.3 is 6.18 Å². The lowest BCUT2D eigenvalue weighted by Gasteiger charge is -2.12. The lowest BCUT2D eigenvalue weighted by Crippen LogP contribution is -2.05. The number of halogens is 5. The van der Waals surface area contributed by atoms with E-state index in [1.165, 1.54) is 23.5 Å². The topological polar surface area (TPSA) is 0 Å². The van der Waals surface area contributed by atoms with Crippen LogP contribution in [0.15, 0.2) is 40.2 Å². The molecule has 1 aromatic heterocycles. The summed E-state index contributed by atoms with van der Waals surface area (Å²) in [6.45, 7) is 0. The van der Waals surface area contributed by atoms with Crippen LogP contribution in [0.2, 0.25) is 0 Å². The van der Waals surface area contributed by atoms with E-state index in [4.69, 9.17) is 0 Å². The molecule has 0 spiro atoms. The van der Waals surface area contributed by atoms with Crippen LogP contribution in [-0.4, -0.2) is 0 Å². The molecule has 0 nitrogen and oxygen atoms in total. The zero-order valence-electron chi connectivity index (χ0n) is 8.84. The van der Waals surface area contributed by atoms with Crippen molar-refractivity contribution in [3.8, 4) is 0 Å². The maximum Gasteiger partial charge on any atom is 0.416 e. The van der Waals surface area contributed by atoms with E-state index < -0.39 is 11.7 Å². The molecule has 0 saturated carbocycles. The molecule has 1 unspecified atom stereocenters. The molecule has 0 radical (unpaired) electrons. The van der Waals surface area contributed by atoms with E-state index in [-0.39, 0.29) is 4.83 Å². The molecular weight excluding hydrogens is 393 g/mol. The highest BCUT2D eigenvalue weighted by molar-refractivity contribution is 9.11. The Morgan fingerprint density at radius 2 is 1.89 bits per heavy atom. The molecule has 0 aliphatic carbocycles. The molecule has 2 aromatic rings. The van der Waals surface area contributed by atoms with Gasteiger partial charge in [-0.1, -0.05) is 34.1 Å².